The van der Waals surface area contributed by atoms with Crippen molar-refractivity contribution >= 4 is 24.9 Å². The minimum Gasteiger partial charge on any atom is -0.480 e. The number of nitrogens with one attached hydrogen (secondary N) is 1. The number of nitrogens with two attached hydrogens (primary N) is 2. The predicted molar refractivity (Wildman–Crippen MR) is 71.7 cm³/mol. The van der Waals surface area contributed by atoms with Crippen LogP contribution >= 0.6 is 12.6 Å². The van der Waals surface area contributed by atoms with Crippen LogP contribution in [0.25, 0.3) is 0 Å². The first kappa shape index (κ1) is 16.8. The van der Waals surface area contributed by atoms with E-state index >= 15 is 0 Å². The highest BCUT2D eigenvalue weighted by atomic mass is 32.1. The van der Waals surface area contributed by atoms with E-state index in [1.807, 2.05) is 11.9 Å². The molecule has 0 aromatic rings. The molecule has 0 bridgehead atoms. The van der Waals surface area contributed by atoms with Crippen molar-refractivity contribution in [2.45, 2.75) is 18.9 Å². The van der Waals surface area contributed by atoms with Gasteiger partial charge < -0.3 is 31.6 Å². The molecule has 0 aromatic heterocycles. The topological polar surface area (TPSA) is 122 Å². The van der Waals surface area contributed by atoms with Crippen LogP contribution in [0.5, 0.6) is 0 Å². The highest BCUT2D eigenvalue weighted by Gasteiger charge is 2.20. The van der Waals surface area contributed by atoms with E-state index in [1.165, 1.54) is 0 Å². The van der Waals surface area contributed by atoms with Gasteiger partial charge in [0.15, 0.2) is 0 Å². The van der Waals surface area contributed by atoms with Gasteiger partial charge in [-0.1, -0.05) is 0 Å². The Labute approximate surface area is 112 Å². The quantitative estimate of drug-likeness (QED) is 0.319. The summed E-state index contributed by atoms with van der Waals surface area (Å²) in [4.78, 5) is 21.7. The number of aliphatic carboxylic acids is 1. The Hall–Kier alpha value is -1.25. The van der Waals surface area contributed by atoms with Crippen molar-refractivity contribution in [2.75, 3.05) is 20.3 Å². The fourth-order valence-corrected chi connectivity index (χ4v) is 1.38. The molecule has 1 aliphatic rings. The lowest BCUT2D eigenvalue weighted by atomic mass is 10.2. The number of rotatable bonds is 5. The highest BCUT2D eigenvalue weighted by molar-refractivity contribution is 7.84. The largest absolute Gasteiger partial charge is 0.480 e. The standard InChI is InChI=1S/C7H13N3O2S.C3H7NO/c1-10-3-9-5(6(10)13)2-4(8)7(11)12;4-2-1-3-5/h4,9,13H,2-3,8H2,1H3,(H,11,12);3H,1-2,4H2. The van der Waals surface area contributed by atoms with Gasteiger partial charge in [0.1, 0.15) is 12.3 Å². The third-order valence-corrected chi connectivity index (χ3v) is 2.80. The lowest BCUT2D eigenvalue weighted by Gasteiger charge is -2.09. The first-order valence-electron chi connectivity index (χ1n) is 5.43. The van der Waals surface area contributed by atoms with E-state index in [2.05, 4.69) is 17.9 Å². The Morgan fingerprint density at radius 2 is 2.33 bits per heavy atom. The lowest BCUT2D eigenvalue weighted by Crippen LogP contribution is -2.32. The van der Waals surface area contributed by atoms with Gasteiger partial charge in [-0.25, -0.2) is 0 Å². The van der Waals surface area contributed by atoms with Gasteiger partial charge in [0, 0.05) is 25.6 Å². The summed E-state index contributed by atoms with van der Waals surface area (Å²) >= 11 is 4.22. The van der Waals surface area contributed by atoms with Crippen LogP contribution in [0.15, 0.2) is 10.7 Å². The molecule has 0 saturated carbocycles. The van der Waals surface area contributed by atoms with Crippen LogP contribution in [0.2, 0.25) is 0 Å². The summed E-state index contributed by atoms with van der Waals surface area (Å²) in [6, 6.07) is -0.865. The van der Waals surface area contributed by atoms with Gasteiger partial charge in [0.05, 0.1) is 11.7 Å². The van der Waals surface area contributed by atoms with Gasteiger partial charge >= 0.3 is 5.97 Å². The fourth-order valence-electron chi connectivity index (χ4n) is 1.14. The minimum atomic E-state index is -0.995. The third kappa shape index (κ3) is 5.89. The summed E-state index contributed by atoms with van der Waals surface area (Å²) < 4.78 is 0. The SMILES string of the molecule is CN1CNC(CC(N)C(=O)O)=C1S.NCCC=O. The zero-order valence-electron chi connectivity index (χ0n) is 10.3. The van der Waals surface area contributed by atoms with Gasteiger partial charge in [0.2, 0.25) is 0 Å². The van der Waals surface area contributed by atoms with E-state index in [9.17, 15) is 9.59 Å². The van der Waals surface area contributed by atoms with Crippen LogP contribution in [0.4, 0.5) is 0 Å². The Morgan fingerprint density at radius 3 is 2.61 bits per heavy atom. The zero-order valence-corrected chi connectivity index (χ0v) is 11.2. The first-order valence-corrected chi connectivity index (χ1v) is 5.88. The summed E-state index contributed by atoms with van der Waals surface area (Å²) in [6.45, 7) is 1.13. The third-order valence-electron chi connectivity index (χ3n) is 2.19. The second-order valence-corrected chi connectivity index (χ2v) is 4.15. The Balaban J connectivity index is 0.000000494. The molecule has 104 valence electrons. The summed E-state index contributed by atoms with van der Waals surface area (Å²) in [7, 11) is 1.87. The molecule has 0 spiro atoms. The molecule has 0 amide bonds. The van der Waals surface area contributed by atoms with Crippen molar-refractivity contribution in [1.29, 1.82) is 0 Å². The number of hydrogen-bond acceptors (Lipinski definition) is 7. The molecule has 0 radical (unpaired) electrons. The van der Waals surface area contributed by atoms with E-state index in [0.717, 1.165) is 17.0 Å². The minimum absolute atomic E-state index is 0.290. The van der Waals surface area contributed by atoms with Crippen LogP contribution in [0, 0.1) is 0 Å². The molecule has 8 heteroatoms. The van der Waals surface area contributed by atoms with E-state index in [1.54, 1.807) is 0 Å². The van der Waals surface area contributed by atoms with Crippen LogP contribution in [-0.4, -0.2) is 48.6 Å². The van der Waals surface area contributed by atoms with E-state index < -0.39 is 12.0 Å². The normalized spacial score (nSPS) is 15.7. The van der Waals surface area contributed by atoms with Crippen molar-refractivity contribution in [3.8, 4) is 0 Å². The molecule has 1 rings (SSSR count). The summed E-state index contributed by atoms with van der Waals surface area (Å²) in [5.74, 6) is -0.995. The van der Waals surface area contributed by atoms with E-state index in [4.69, 9.17) is 16.6 Å². The molecule has 0 fully saturated rings. The smallest absolute Gasteiger partial charge is 0.320 e. The van der Waals surface area contributed by atoms with Crippen LogP contribution < -0.4 is 16.8 Å². The molecule has 6 N–H and O–H groups in total. The molecule has 0 saturated heterocycles. The molecule has 1 aliphatic heterocycles. The molecular formula is C10H20N4O3S. The van der Waals surface area contributed by atoms with Crippen LogP contribution in [0.3, 0.4) is 0 Å². The Morgan fingerprint density at radius 1 is 1.72 bits per heavy atom. The highest BCUT2D eigenvalue weighted by Crippen LogP contribution is 2.19. The van der Waals surface area contributed by atoms with Crippen molar-refractivity contribution < 1.29 is 14.7 Å². The van der Waals surface area contributed by atoms with Crippen molar-refractivity contribution in [2.24, 2.45) is 11.5 Å². The number of carboxylic acids is 1. The summed E-state index contributed by atoms with van der Waals surface area (Å²) in [5.41, 5.74) is 11.1. The van der Waals surface area contributed by atoms with E-state index in [-0.39, 0.29) is 0 Å². The molecule has 1 heterocycles. The van der Waals surface area contributed by atoms with Gasteiger partial charge in [-0.3, -0.25) is 4.79 Å². The number of carboxylic acid groups (broad SMARTS) is 1. The molecule has 1 atom stereocenters. The van der Waals surface area contributed by atoms with Crippen molar-refractivity contribution in [3.63, 3.8) is 0 Å². The van der Waals surface area contributed by atoms with Crippen molar-refractivity contribution in [1.82, 2.24) is 10.2 Å². The number of aldehydes is 1. The first-order chi connectivity index (χ1) is 8.43. The fraction of sp³-hybridized carbons (Fsp3) is 0.600. The average Bonchev–Trinajstić information content (AvgIpc) is 2.63. The Bertz CT molecular complexity index is 322. The Kier molecular flexibility index (Phi) is 8.17. The number of nitrogens with zero attached hydrogens (tertiary/aromatic N) is 1. The average molecular weight is 276 g/mol. The molecular weight excluding hydrogens is 256 g/mol. The number of thiol groups is 1. The predicted octanol–water partition coefficient (Wildman–Crippen LogP) is -1.09. The summed E-state index contributed by atoms with van der Waals surface area (Å²) in [5, 5.41) is 12.4. The maximum absolute atomic E-state index is 10.5. The second kappa shape index (κ2) is 8.78. The monoisotopic (exact) mass is 276 g/mol. The van der Waals surface area contributed by atoms with Gasteiger partial charge in [0.25, 0.3) is 0 Å². The molecule has 1 unspecified atom stereocenters. The van der Waals surface area contributed by atoms with Gasteiger partial charge in [-0.15, -0.1) is 12.6 Å². The summed E-state index contributed by atoms with van der Waals surface area (Å²) in [6.07, 6.45) is 1.58. The maximum atomic E-state index is 10.5. The second-order valence-electron chi connectivity index (χ2n) is 3.73. The molecule has 7 nitrogen and oxygen atoms in total. The maximum Gasteiger partial charge on any atom is 0.320 e. The van der Waals surface area contributed by atoms with Crippen molar-refractivity contribution in [3.05, 3.63) is 10.7 Å². The molecule has 0 aromatic carbocycles. The lowest BCUT2D eigenvalue weighted by molar-refractivity contribution is -0.138. The van der Waals surface area contributed by atoms with E-state index in [0.29, 0.717) is 26.1 Å². The number of hydrogen-bond donors (Lipinski definition) is 5. The zero-order chi connectivity index (χ0) is 14.1. The van der Waals surface area contributed by atoms with Gasteiger partial charge in [-0.2, -0.15) is 0 Å². The molecule has 18 heavy (non-hydrogen) atoms. The van der Waals surface area contributed by atoms with Crippen LogP contribution in [-0.2, 0) is 9.59 Å². The molecule has 0 aliphatic carbocycles. The number of carbonyl (C=O) groups excluding carboxylic acids is 1. The van der Waals surface area contributed by atoms with Crippen LogP contribution in [0.1, 0.15) is 12.8 Å². The number of carbonyl (C=O) groups is 2. The van der Waals surface area contributed by atoms with Gasteiger partial charge in [-0.05, 0) is 6.54 Å².